The molecule has 1 atom stereocenters. The van der Waals surface area contributed by atoms with Crippen molar-refractivity contribution in [2.24, 2.45) is 5.41 Å². The van der Waals surface area contributed by atoms with Gasteiger partial charge in [0.1, 0.15) is 28.6 Å². The first-order valence-corrected chi connectivity index (χ1v) is 12.9. The van der Waals surface area contributed by atoms with Crippen LogP contribution in [0.25, 0.3) is 0 Å². The lowest BCUT2D eigenvalue weighted by Crippen LogP contribution is -2.58. The number of carbonyl (C=O) groups is 2. The van der Waals surface area contributed by atoms with Crippen LogP contribution in [0.5, 0.6) is 5.75 Å². The summed E-state index contributed by atoms with van der Waals surface area (Å²) < 4.78 is 11.7. The number of ether oxygens (including phenoxy) is 2. The number of aromatic nitrogens is 1. The zero-order chi connectivity index (χ0) is 24.3. The molecule has 2 saturated heterocycles. The van der Waals surface area contributed by atoms with Gasteiger partial charge in [-0.1, -0.05) is 36.0 Å². The molecule has 34 heavy (non-hydrogen) atoms. The molecule has 0 aromatic carbocycles. The third-order valence-electron chi connectivity index (χ3n) is 7.47. The summed E-state index contributed by atoms with van der Waals surface area (Å²) in [6, 6.07) is -0.316. The first kappa shape index (κ1) is 23.8. The number of hydrogen-bond acceptors (Lipinski definition) is 6. The number of anilines is 1. The molecule has 5 rings (SSSR count). The Hall–Kier alpha value is -1.93. The highest BCUT2D eigenvalue weighted by molar-refractivity contribution is 6.42. The molecule has 2 amide bonds. The highest BCUT2D eigenvalue weighted by atomic mass is 35.5. The molecule has 1 aliphatic carbocycles. The molecule has 3 fully saturated rings. The van der Waals surface area contributed by atoms with Gasteiger partial charge in [-0.25, -0.2) is 9.78 Å². The molecule has 186 valence electrons. The molecule has 1 spiro atoms. The molecule has 1 saturated carbocycles. The summed E-state index contributed by atoms with van der Waals surface area (Å²) in [5.74, 6) is 0.690. The first-order chi connectivity index (χ1) is 16.1. The van der Waals surface area contributed by atoms with Gasteiger partial charge in [-0.05, 0) is 45.4 Å². The lowest BCUT2D eigenvalue weighted by molar-refractivity contribution is 0.000955. The minimum atomic E-state index is -0.586. The van der Waals surface area contributed by atoms with Gasteiger partial charge in [0.25, 0.3) is 5.91 Å². The summed E-state index contributed by atoms with van der Waals surface area (Å²) >= 11 is 12.9. The van der Waals surface area contributed by atoms with E-state index >= 15 is 0 Å². The average molecular weight is 511 g/mol. The number of carbonyl (C=O) groups excluding carboxylic acids is 2. The number of hydrogen-bond donors (Lipinski definition) is 0. The third kappa shape index (κ3) is 4.28. The fourth-order valence-corrected chi connectivity index (χ4v) is 6.15. The van der Waals surface area contributed by atoms with Gasteiger partial charge in [0, 0.05) is 32.7 Å². The van der Waals surface area contributed by atoms with Crippen molar-refractivity contribution in [2.45, 2.75) is 64.5 Å². The van der Waals surface area contributed by atoms with E-state index in [-0.39, 0.29) is 34.8 Å². The number of piperazine rings is 1. The van der Waals surface area contributed by atoms with E-state index in [1.165, 1.54) is 25.7 Å². The maximum atomic E-state index is 13.9. The van der Waals surface area contributed by atoms with E-state index in [4.69, 9.17) is 32.7 Å². The van der Waals surface area contributed by atoms with Crippen molar-refractivity contribution in [3.8, 4) is 5.75 Å². The Labute approximate surface area is 210 Å². The number of halogens is 2. The Morgan fingerprint density at radius 3 is 2.59 bits per heavy atom. The van der Waals surface area contributed by atoms with Gasteiger partial charge in [0.05, 0.1) is 6.04 Å². The number of fused-ring (bicyclic) bond motifs is 2. The smallest absolute Gasteiger partial charge is 0.410 e. The molecule has 3 aliphatic heterocycles. The molecular weight excluding hydrogens is 479 g/mol. The van der Waals surface area contributed by atoms with Gasteiger partial charge in [0.15, 0.2) is 10.9 Å². The Kier molecular flexibility index (Phi) is 6.04. The fourth-order valence-electron chi connectivity index (χ4n) is 5.79. The van der Waals surface area contributed by atoms with Crippen LogP contribution in [0.15, 0.2) is 0 Å². The molecule has 0 radical (unpaired) electrons. The highest BCUT2D eigenvalue weighted by Gasteiger charge is 2.45. The normalized spacial score (nSPS) is 24.1. The van der Waals surface area contributed by atoms with E-state index in [2.05, 4.69) is 9.88 Å². The van der Waals surface area contributed by atoms with Crippen LogP contribution < -0.4 is 9.64 Å². The molecule has 0 bridgehead atoms. The summed E-state index contributed by atoms with van der Waals surface area (Å²) in [5, 5.41) is 0.304. The number of rotatable bonds is 1. The van der Waals surface area contributed by atoms with Crippen molar-refractivity contribution in [1.29, 1.82) is 0 Å². The lowest BCUT2D eigenvalue weighted by Gasteiger charge is -2.40. The Morgan fingerprint density at radius 1 is 1.15 bits per heavy atom. The van der Waals surface area contributed by atoms with E-state index in [0.717, 1.165) is 19.5 Å². The molecule has 0 N–H and O–H groups in total. The molecule has 4 heterocycles. The van der Waals surface area contributed by atoms with Gasteiger partial charge in [-0.2, -0.15) is 0 Å². The molecular formula is C24H32Cl2N4O4. The van der Waals surface area contributed by atoms with Gasteiger partial charge in [-0.15, -0.1) is 0 Å². The van der Waals surface area contributed by atoms with Gasteiger partial charge in [0.2, 0.25) is 0 Å². The first-order valence-electron chi connectivity index (χ1n) is 12.1. The molecule has 1 aromatic rings. The Bertz CT molecular complexity index is 1010. The van der Waals surface area contributed by atoms with Gasteiger partial charge < -0.3 is 24.2 Å². The maximum absolute atomic E-state index is 13.9. The maximum Gasteiger partial charge on any atom is 0.410 e. The van der Waals surface area contributed by atoms with Crippen LogP contribution >= 0.6 is 23.2 Å². The summed E-state index contributed by atoms with van der Waals surface area (Å²) in [6.07, 6.45) is 5.65. The van der Waals surface area contributed by atoms with Crippen LogP contribution in [0, 0.1) is 5.41 Å². The zero-order valence-corrected chi connectivity index (χ0v) is 21.5. The molecule has 4 aliphatic rings. The van der Waals surface area contributed by atoms with Crippen LogP contribution in [-0.2, 0) is 4.74 Å². The van der Waals surface area contributed by atoms with E-state index in [1.54, 1.807) is 9.80 Å². The SMILES string of the molecule is CC(C)(C)OC(=O)N1CCN2C(=O)c3c(N4CCC5(CCCC5)C4)nc(Cl)c(Cl)c3OC[C@H]2C1. The molecule has 8 nitrogen and oxygen atoms in total. The predicted octanol–water partition coefficient (Wildman–Crippen LogP) is 4.61. The average Bonchev–Trinajstić information content (AvgIpc) is 3.38. The summed E-state index contributed by atoms with van der Waals surface area (Å²) in [6.45, 7) is 8.53. The molecule has 0 unspecified atom stereocenters. The second-order valence-electron chi connectivity index (χ2n) is 11.0. The van der Waals surface area contributed by atoms with Gasteiger partial charge in [-0.3, -0.25) is 4.79 Å². The third-order valence-corrected chi connectivity index (χ3v) is 8.19. The highest BCUT2D eigenvalue weighted by Crippen LogP contribution is 2.49. The van der Waals surface area contributed by atoms with E-state index in [1.807, 2.05) is 20.8 Å². The molecule has 1 aromatic heterocycles. The van der Waals surface area contributed by atoms with Crippen LogP contribution in [0.1, 0.15) is 63.2 Å². The van der Waals surface area contributed by atoms with Crippen LogP contribution in [0.2, 0.25) is 10.2 Å². The number of amides is 2. The minimum absolute atomic E-state index is 0.144. The summed E-state index contributed by atoms with van der Waals surface area (Å²) in [5.41, 5.74) is 0.103. The second-order valence-corrected chi connectivity index (χ2v) is 11.7. The van der Waals surface area contributed by atoms with Crippen molar-refractivity contribution in [2.75, 3.05) is 44.2 Å². The van der Waals surface area contributed by atoms with Gasteiger partial charge >= 0.3 is 6.09 Å². The topological polar surface area (TPSA) is 75.2 Å². The zero-order valence-electron chi connectivity index (χ0n) is 20.0. The predicted molar refractivity (Wildman–Crippen MR) is 130 cm³/mol. The van der Waals surface area contributed by atoms with Crippen LogP contribution in [-0.4, -0.2) is 77.8 Å². The van der Waals surface area contributed by atoms with E-state index < -0.39 is 5.60 Å². The van der Waals surface area contributed by atoms with Crippen molar-refractivity contribution < 1.29 is 19.1 Å². The quantitative estimate of drug-likeness (QED) is 0.513. The van der Waals surface area contributed by atoms with Crippen LogP contribution in [0.3, 0.4) is 0 Å². The lowest BCUT2D eigenvalue weighted by atomic mass is 9.86. The summed E-state index contributed by atoms with van der Waals surface area (Å²) in [4.78, 5) is 36.7. The monoisotopic (exact) mass is 510 g/mol. The van der Waals surface area contributed by atoms with E-state index in [0.29, 0.717) is 42.2 Å². The Balaban J connectivity index is 1.43. The summed E-state index contributed by atoms with van der Waals surface area (Å²) in [7, 11) is 0. The second kappa shape index (κ2) is 8.63. The van der Waals surface area contributed by atoms with Crippen molar-refractivity contribution in [3.63, 3.8) is 0 Å². The van der Waals surface area contributed by atoms with Crippen molar-refractivity contribution in [1.82, 2.24) is 14.8 Å². The fraction of sp³-hybridized carbons (Fsp3) is 0.708. The molecule has 10 heteroatoms. The van der Waals surface area contributed by atoms with Crippen molar-refractivity contribution >= 4 is 41.0 Å². The Morgan fingerprint density at radius 2 is 1.88 bits per heavy atom. The van der Waals surface area contributed by atoms with Crippen molar-refractivity contribution in [3.05, 3.63) is 15.7 Å². The number of pyridine rings is 1. The standard InChI is InChI=1S/C24H32Cl2N4O4/c1-23(2,3)34-22(32)28-10-11-30-15(12-28)13-33-18-16(21(30)31)20(27-19(26)17(18)25)29-9-8-24(14-29)6-4-5-7-24/h15H,4-14H2,1-3H3/t15-/m1/s1. The largest absolute Gasteiger partial charge is 0.489 e. The number of nitrogens with zero attached hydrogens (tertiary/aromatic N) is 4. The van der Waals surface area contributed by atoms with E-state index in [9.17, 15) is 9.59 Å². The minimum Gasteiger partial charge on any atom is -0.489 e. The van der Waals surface area contributed by atoms with Crippen LogP contribution in [0.4, 0.5) is 10.6 Å².